The number of anilines is 1. The van der Waals surface area contributed by atoms with E-state index in [9.17, 15) is 13.2 Å². The summed E-state index contributed by atoms with van der Waals surface area (Å²) in [6, 6.07) is 3.99. The van der Waals surface area contributed by atoms with E-state index in [-0.39, 0.29) is 16.5 Å². The fraction of sp³-hybridized carbons (Fsp3) is 0.364. The molecule has 0 aliphatic carbocycles. The molecule has 0 aromatic heterocycles. The number of hydrogen-bond acceptors (Lipinski definition) is 4. The Morgan fingerprint density at radius 2 is 1.94 bits per heavy atom. The minimum Gasteiger partial charge on any atom is -0.508 e. The summed E-state index contributed by atoms with van der Waals surface area (Å²) in [7, 11) is -3.55. The van der Waals surface area contributed by atoms with Crippen molar-refractivity contribution in [1.82, 2.24) is 0 Å². The predicted molar refractivity (Wildman–Crippen MR) is 70.7 cm³/mol. The SMILES string of the molecule is CC(C)(C(=O)Nc1ccc(O)cc1Cl)S(C)(=O)=O. The number of hydrogen-bond donors (Lipinski definition) is 2. The molecule has 1 aromatic carbocycles. The second-order valence-corrected chi connectivity index (χ2v) is 7.37. The number of carbonyl (C=O) groups is 1. The molecular weight excluding hydrogens is 278 g/mol. The van der Waals surface area contributed by atoms with Crippen LogP contribution in [-0.4, -0.2) is 30.4 Å². The number of phenolic OH excluding ortho intramolecular Hbond substituents is 1. The molecule has 0 bridgehead atoms. The maximum Gasteiger partial charge on any atom is 0.245 e. The lowest BCUT2D eigenvalue weighted by Crippen LogP contribution is -2.43. The van der Waals surface area contributed by atoms with Crippen LogP contribution in [0.25, 0.3) is 0 Å². The van der Waals surface area contributed by atoms with Crippen molar-refractivity contribution in [3.05, 3.63) is 23.2 Å². The second-order valence-electron chi connectivity index (χ2n) is 4.40. The van der Waals surface area contributed by atoms with Gasteiger partial charge >= 0.3 is 0 Å². The molecule has 0 heterocycles. The molecule has 0 fully saturated rings. The summed E-state index contributed by atoms with van der Waals surface area (Å²) in [4.78, 5) is 11.9. The monoisotopic (exact) mass is 291 g/mol. The van der Waals surface area contributed by atoms with Crippen LogP contribution in [0.3, 0.4) is 0 Å². The van der Waals surface area contributed by atoms with Gasteiger partial charge in [-0.1, -0.05) is 11.6 Å². The van der Waals surface area contributed by atoms with Gasteiger partial charge in [-0.2, -0.15) is 0 Å². The maximum absolute atomic E-state index is 11.9. The van der Waals surface area contributed by atoms with E-state index in [1.807, 2.05) is 0 Å². The number of aromatic hydroxyl groups is 1. The third kappa shape index (κ3) is 2.94. The van der Waals surface area contributed by atoms with Crippen LogP contribution in [0.1, 0.15) is 13.8 Å². The molecule has 0 spiro atoms. The Bertz CT molecular complexity index is 581. The van der Waals surface area contributed by atoms with E-state index < -0.39 is 20.5 Å². The Labute approximate surface area is 111 Å². The van der Waals surface area contributed by atoms with E-state index in [0.717, 1.165) is 6.26 Å². The molecular formula is C11H14ClNO4S. The fourth-order valence-electron chi connectivity index (χ4n) is 1.05. The highest BCUT2D eigenvalue weighted by molar-refractivity contribution is 7.92. The Morgan fingerprint density at radius 3 is 2.39 bits per heavy atom. The van der Waals surface area contributed by atoms with Gasteiger partial charge in [-0.15, -0.1) is 0 Å². The molecule has 5 nitrogen and oxygen atoms in total. The van der Waals surface area contributed by atoms with Gasteiger partial charge in [-0.3, -0.25) is 4.79 Å². The van der Waals surface area contributed by atoms with Gasteiger partial charge in [-0.25, -0.2) is 8.42 Å². The van der Waals surface area contributed by atoms with Gasteiger partial charge in [-0.05, 0) is 26.0 Å². The molecule has 0 unspecified atom stereocenters. The summed E-state index contributed by atoms with van der Waals surface area (Å²) in [5.41, 5.74) is 0.246. The van der Waals surface area contributed by atoms with E-state index >= 15 is 0 Å². The van der Waals surface area contributed by atoms with Crippen LogP contribution in [0, 0.1) is 0 Å². The Hall–Kier alpha value is -1.27. The zero-order chi connectivity index (χ0) is 14.1. The van der Waals surface area contributed by atoms with Crippen molar-refractivity contribution in [3.63, 3.8) is 0 Å². The molecule has 7 heteroatoms. The average molecular weight is 292 g/mol. The van der Waals surface area contributed by atoms with Crippen molar-refractivity contribution in [3.8, 4) is 5.75 Å². The summed E-state index contributed by atoms with van der Waals surface area (Å²) < 4.78 is 21.4. The quantitative estimate of drug-likeness (QED) is 0.832. The molecule has 100 valence electrons. The van der Waals surface area contributed by atoms with E-state index in [4.69, 9.17) is 16.7 Å². The molecule has 0 aliphatic rings. The highest BCUT2D eigenvalue weighted by Crippen LogP contribution is 2.27. The van der Waals surface area contributed by atoms with Crippen molar-refractivity contribution < 1.29 is 18.3 Å². The highest BCUT2D eigenvalue weighted by Gasteiger charge is 2.38. The Kier molecular flexibility index (Phi) is 3.92. The van der Waals surface area contributed by atoms with E-state index in [2.05, 4.69) is 5.32 Å². The largest absolute Gasteiger partial charge is 0.508 e. The van der Waals surface area contributed by atoms with Crippen LogP contribution in [0.4, 0.5) is 5.69 Å². The standard InChI is InChI=1S/C11H14ClNO4S/c1-11(2,18(3,16)17)10(15)13-9-5-4-7(14)6-8(9)12/h4-6,14H,1-3H3,(H,13,15). The van der Waals surface area contributed by atoms with Crippen molar-refractivity contribution in [2.24, 2.45) is 0 Å². The lowest BCUT2D eigenvalue weighted by molar-refractivity contribution is -0.117. The summed E-state index contributed by atoms with van der Waals surface area (Å²) in [5, 5.41) is 11.7. The number of halogens is 1. The normalized spacial score (nSPS) is 12.2. The second kappa shape index (κ2) is 4.78. The van der Waals surface area contributed by atoms with Gasteiger partial charge in [0.05, 0.1) is 10.7 Å². The van der Waals surface area contributed by atoms with Crippen LogP contribution < -0.4 is 5.32 Å². The minimum absolute atomic E-state index is 0.0413. The van der Waals surface area contributed by atoms with Crippen LogP contribution in [0.2, 0.25) is 5.02 Å². The number of benzene rings is 1. The molecule has 0 atom stereocenters. The van der Waals surface area contributed by atoms with Crippen molar-refractivity contribution >= 4 is 33.0 Å². The third-order valence-electron chi connectivity index (χ3n) is 2.67. The number of carbonyl (C=O) groups excluding carboxylic acids is 1. The topological polar surface area (TPSA) is 83.5 Å². The first-order valence-corrected chi connectivity index (χ1v) is 7.32. The zero-order valence-corrected chi connectivity index (χ0v) is 11.8. The summed E-state index contributed by atoms with van der Waals surface area (Å²) in [6.45, 7) is 2.62. The first-order chi connectivity index (χ1) is 8.05. The fourth-order valence-corrected chi connectivity index (χ4v) is 1.66. The molecule has 1 rings (SSSR count). The highest BCUT2D eigenvalue weighted by atomic mass is 35.5. The lowest BCUT2D eigenvalue weighted by Gasteiger charge is -2.21. The summed E-state index contributed by atoms with van der Waals surface area (Å²) in [5.74, 6) is -0.724. The molecule has 0 aliphatic heterocycles. The molecule has 0 saturated heterocycles. The minimum atomic E-state index is -3.55. The van der Waals surface area contributed by atoms with Crippen molar-refractivity contribution in [1.29, 1.82) is 0 Å². The van der Waals surface area contributed by atoms with E-state index in [1.54, 1.807) is 0 Å². The molecule has 18 heavy (non-hydrogen) atoms. The summed E-state index contributed by atoms with van der Waals surface area (Å²) in [6.07, 6.45) is 0.991. The number of rotatable bonds is 3. The van der Waals surface area contributed by atoms with Crippen LogP contribution in [0.15, 0.2) is 18.2 Å². The molecule has 0 radical (unpaired) electrons. The maximum atomic E-state index is 11.9. The average Bonchev–Trinajstić information content (AvgIpc) is 2.20. The van der Waals surface area contributed by atoms with Crippen LogP contribution in [0.5, 0.6) is 5.75 Å². The predicted octanol–water partition coefficient (Wildman–Crippen LogP) is 1.81. The van der Waals surface area contributed by atoms with Gasteiger partial charge in [0.25, 0.3) is 0 Å². The Morgan fingerprint density at radius 1 is 1.39 bits per heavy atom. The smallest absolute Gasteiger partial charge is 0.245 e. The molecule has 1 aromatic rings. The van der Waals surface area contributed by atoms with Crippen molar-refractivity contribution in [2.75, 3.05) is 11.6 Å². The van der Waals surface area contributed by atoms with Gasteiger partial charge in [0.15, 0.2) is 9.84 Å². The van der Waals surface area contributed by atoms with Gasteiger partial charge < -0.3 is 10.4 Å². The number of sulfone groups is 1. The van der Waals surface area contributed by atoms with Crippen molar-refractivity contribution in [2.45, 2.75) is 18.6 Å². The van der Waals surface area contributed by atoms with Gasteiger partial charge in [0, 0.05) is 12.3 Å². The number of phenols is 1. The lowest BCUT2D eigenvalue weighted by atomic mass is 10.2. The van der Waals surface area contributed by atoms with E-state index in [1.165, 1.54) is 32.0 Å². The number of nitrogens with one attached hydrogen (secondary N) is 1. The summed E-state index contributed by atoms with van der Waals surface area (Å²) >= 11 is 5.81. The zero-order valence-electron chi connectivity index (χ0n) is 10.2. The van der Waals surface area contributed by atoms with Gasteiger partial charge in [0.2, 0.25) is 5.91 Å². The molecule has 2 N–H and O–H groups in total. The molecule has 1 amide bonds. The van der Waals surface area contributed by atoms with Gasteiger partial charge in [0.1, 0.15) is 10.5 Å². The first-order valence-electron chi connectivity index (χ1n) is 5.05. The van der Waals surface area contributed by atoms with E-state index in [0.29, 0.717) is 0 Å². The van der Waals surface area contributed by atoms with Crippen LogP contribution in [-0.2, 0) is 14.6 Å². The van der Waals surface area contributed by atoms with Crippen LogP contribution >= 0.6 is 11.6 Å². The molecule has 0 saturated carbocycles. The third-order valence-corrected chi connectivity index (χ3v) is 5.03. The first kappa shape index (κ1) is 14.8. The number of amides is 1. The Balaban J connectivity index is 3.02.